The maximum atomic E-state index is 12.1. The first kappa shape index (κ1) is 18.6. The smallest absolute Gasteiger partial charge is 0.303 e. The average molecular weight is 402 g/mol. The van der Waals surface area contributed by atoms with E-state index in [0.29, 0.717) is 31.9 Å². The second-order valence-electron chi connectivity index (χ2n) is 6.76. The third-order valence-corrected chi connectivity index (χ3v) is 6.34. The first-order valence-corrected chi connectivity index (χ1v) is 10.6. The average Bonchev–Trinajstić information content (AvgIpc) is 3.26. The van der Waals surface area contributed by atoms with Crippen molar-refractivity contribution < 1.29 is 13.2 Å². The highest BCUT2D eigenvalue weighted by molar-refractivity contribution is 7.92. The van der Waals surface area contributed by atoms with Crippen molar-refractivity contribution in [2.45, 2.75) is 25.4 Å². The summed E-state index contributed by atoms with van der Waals surface area (Å²) in [5, 5.41) is 5.20. The molecule has 148 valence electrons. The molecule has 0 bridgehead atoms. The van der Waals surface area contributed by atoms with Crippen LogP contribution in [-0.2, 0) is 17.1 Å². The van der Waals surface area contributed by atoms with E-state index < -0.39 is 10.0 Å². The molecule has 9 nitrogen and oxygen atoms in total. The largest absolute Gasteiger partial charge is 0.461 e. The molecule has 1 atom stereocenters. The molecule has 0 aliphatic carbocycles. The molecule has 3 aromatic heterocycles. The van der Waals surface area contributed by atoms with Crippen LogP contribution in [0.15, 0.2) is 42.8 Å². The summed E-state index contributed by atoms with van der Waals surface area (Å²) >= 11 is 0. The molecule has 1 aliphatic rings. The number of rotatable bonds is 5. The maximum absolute atomic E-state index is 12.1. The maximum Gasteiger partial charge on any atom is 0.303 e. The van der Waals surface area contributed by atoms with Gasteiger partial charge in [0, 0.05) is 55.8 Å². The van der Waals surface area contributed by atoms with E-state index in [1.807, 2.05) is 19.3 Å². The summed E-state index contributed by atoms with van der Waals surface area (Å²) in [6, 6.07) is 2.33. The lowest BCUT2D eigenvalue weighted by Crippen LogP contribution is -2.31. The van der Waals surface area contributed by atoms with E-state index in [-0.39, 0.29) is 6.10 Å². The van der Waals surface area contributed by atoms with Crippen molar-refractivity contribution in [1.82, 2.24) is 28.5 Å². The number of nitrogens with zero attached hydrogens (tertiary/aromatic N) is 6. The van der Waals surface area contributed by atoms with E-state index in [0.717, 1.165) is 28.7 Å². The lowest BCUT2D eigenvalue weighted by molar-refractivity contribution is 0.168. The first-order chi connectivity index (χ1) is 13.5. The normalized spacial score (nSPS) is 18.8. The molecular formula is C18H22N6O3S. The van der Waals surface area contributed by atoms with E-state index in [1.165, 1.54) is 4.31 Å². The zero-order valence-corrected chi connectivity index (χ0v) is 16.4. The fourth-order valence-corrected chi connectivity index (χ4v) is 4.30. The highest BCUT2D eigenvalue weighted by atomic mass is 32.2. The van der Waals surface area contributed by atoms with Crippen LogP contribution >= 0.6 is 0 Å². The molecule has 0 radical (unpaired) electrons. The van der Waals surface area contributed by atoms with Crippen molar-refractivity contribution in [3.8, 4) is 17.3 Å². The van der Waals surface area contributed by atoms with E-state index >= 15 is 0 Å². The molecule has 4 heterocycles. The van der Waals surface area contributed by atoms with Gasteiger partial charge < -0.3 is 4.74 Å². The number of aromatic nitrogens is 5. The molecule has 0 spiro atoms. The molecule has 28 heavy (non-hydrogen) atoms. The van der Waals surface area contributed by atoms with Crippen molar-refractivity contribution in [3.05, 3.63) is 42.8 Å². The minimum absolute atomic E-state index is 0.132. The van der Waals surface area contributed by atoms with Gasteiger partial charge in [0.15, 0.2) is 0 Å². The highest BCUT2D eigenvalue weighted by Gasteiger charge is 2.25. The number of fused-ring (bicyclic) bond motifs is 1. The number of hydrogen-bond acceptors (Lipinski definition) is 6. The minimum Gasteiger partial charge on any atom is -0.461 e. The molecule has 0 amide bonds. The van der Waals surface area contributed by atoms with Crippen molar-refractivity contribution in [1.29, 1.82) is 0 Å². The van der Waals surface area contributed by atoms with Gasteiger partial charge in [0.1, 0.15) is 11.8 Å². The van der Waals surface area contributed by atoms with Gasteiger partial charge in [0.05, 0.1) is 11.9 Å². The van der Waals surface area contributed by atoms with Crippen molar-refractivity contribution in [2.75, 3.05) is 13.1 Å². The molecule has 1 unspecified atom stereocenters. The van der Waals surface area contributed by atoms with Gasteiger partial charge in [-0.3, -0.25) is 9.08 Å². The minimum atomic E-state index is -3.41. The Morgan fingerprint density at radius 3 is 2.93 bits per heavy atom. The molecule has 0 aromatic carbocycles. The van der Waals surface area contributed by atoms with Crippen molar-refractivity contribution >= 4 is 15.7 Å². The number of imidazole rings is 1. The Morgan fingerprint density at radius 2 is 2.18 bits per heavy atom. The van der Waals surface area contributed by atoms with Crippen LogP contribution in [0.3, 0.4) is 0 Å². The SMILES string of the molecule is C=CS(=O)(=O)N1CCCC(Oc2nc(-c3cnn(C)c3)cc3nccn23)CC1. The van der Waals surface area contributed by atoms with Crippen LogP contribution in [0, 0.1) is 0 Å². The summed E-state index contributed by atoms with van der Waals surface area (Å²) < 4.78 is 35.3. The Kier molecular flexibility index (Phi) is 4.90. The van der Waals surface area contributed by atoms with E-state index in [9.17, 15) is 8.42 Å². The Hall–Kier alpha value is -2.72. The fraction of sp³-hybridized carbons (Fsp3) is 0.389. The summed E-state index contributed by atoms with van der Waals surface area (Å²) in [6.45, 7) is 4.27. The van der Waals surface area contributed by atoms with E-state index in [2.05, 4.69) is 21.6 Å². The molecular weight excluding hydrogens is 380 g/mol. The van der Waals surface area contributed by atoms with Crippen LogP contribution in [-0.4, -0.2) is 56.1 Å². The molecule has 1 aliphatic heterocycles. The Balaban J connectivity index is 1.59. The Bertz CT molecular complexity index is 1100. The van der Waals surface area contributed by atoms with E-state index in [1.54, 1.807) is 27.7 Å². The van der Waals surface area contributed by atoms with Crippen molar-refractivity contribution in [2.24, 2.45) is 7.05 Å². The lowest BCUT2D eigenvalue weighted by atomic mass is 10.2. The molecule has 10 heteroatoms. The highest BCUT2D eigenvalue weighted by Crippen LogP contribution is 2.25. The topological polar surface area (TPSA) is 94.6 Å². The summed E-state index contributed by atoms with van der Waals surface area (Å²) in [6.07, 6.45) is 9.04. The molecule has 0 N–H and O–H groups in total. The second kappa shape index (κ2) is 7.36. The molecule has 4 rings (SSSR count). The lowest BCUT2D eigenvalue weighted by Gasteiger charge is -2.19. The number of sulfonamides is 1. The number of aryl methyl sites for hydroxylation is 1. The number of ether oxygens (including phenoxy) is 1. The molecule has 0 saturated carbocycles. The van der Waals surface area contributed by atoms with Crippen LogP contribution in [0.5, 0.6) is 6.01 Å². The van der Waals surface area contributed by atoms with Gasteiger partial charge in [-0.2, -0.15) is 14.4 Å². The van der Waals surface area contributed by atoms with Gasteiger partial charge in [-0.05, 0) is 19.3 Å². The van der Waals surface area contributed by atoms with Gasteiger partial charge in [-0.15, -0.1) is 0 Å². The Morgan fingerprint density at radius 1 is 1.32 bits per heavy atom. The van der Waals surface area contributed by atoms with Crippen LogP contribution in [0.25, 0.3) is 16.9 Å². The summed E-state index contributed by atoms with van der Waals surface area (Å²) in [7, 11) is -1.55. The predicted octanol–water partition coefficient (Wildman–Crippen LogP) is 1.84. The predicted molar refractivity (Wildman–Crippen MR) is 104 cm³/mol. The van der Waals surface area contributed by atoms with Gasteiger partial charge >= 0.3 is 6.01 Å². The van der Waals surface area contributed by atoms with Crippen molar-refractivity contribution in [3.63, 3.8) is 0 Å². The van der Waals surface area contributed by atoms with Gasteiger partial charge in [0.2, 0.25) is 10.0 Å². The quantitative estimate of drug-likeness (QED) is 0.646. The summed E-state index contributed by atoms with van der Waals surface area (Å²) in [5.41, 5.74) is 2.33. The molecule has 1 saturated heterocycles. The number of hydrogen-bond donors (Lipinski definition) is 0. The second-order valence-corrected chi connectivity index (χ2v) is 8.64. The first-order valence-electron chi connectivity index (χ1n) is 9.08. The zero-order valence-electron chi connectivity index (χ0n) is 15.6. The van der Waals surface area contributed by atoms with Crippen LogP contribution in [0.2, 0.25) is 0 Å². The third-order valence-electron chi connectivity index (χ3n) is 4.83. The van der Waals surface area contributed by atoms with Gasteiger partial charge in [0.25, 0.3) is 0 Å². The van der Waals surface area contributed by atoms with Crippen LogP contribution in [0.4, 0.5) is 0 Å². The van der Waals surface area contributed by atoms with Gasteiger partial charge in [-0.1, -0.05) is 6.58 Å². The molecule has 3 aromatic rings. The molecule has 1 fully saturated rings. The zero-order chi connectivity index (χ0) is 19.7. The monoisotopic (exact) mass is 402 g/mol. The standard InChI is InChI=1S/C18H22N6O3S/c1-3-28(25,26)23-8-4-5-15(6-9-23)27-18-21-16(14-12-20-22(2)13-14)11-17-19-7-10-24(17)18/h3,7,10-13,15H,1,4-6,8-9H2,2H3. The Labute approximate surface area is 163 Å². The van der Waals surface area contributed by atoms with E-state index in [4.69, 9.17) is 4.74 Å². The summed E-state index contributed by atoms with van der Waals surface area (Å²) in [5.74, 6) is 0. The van der Waals surface area contributed by atoms with Gasteiger partial charge in [-0.25, -0.2) is 13.4 Å². The van der Waals surface area contributed by atoms with Crippen LogP contribution < -0.4 is 4.74 Å². The van der Waals surface area contributed by atoms with Crippen LogP contribution in [0.1, 0.15) is 19.3 Å². The summed E-state index contributed by atoms with van der Waals surface area (Å²) in [4.78, 5) is 9.02. The third kappa shape index (κ3) is 3.65. The fourth-order valence-electron chi connectivity index (χ4n) is 3.35.